The molecule has 1 amide bonds. The van der Waals surface area contributed by atoms with Gasteiger partial charge in [-0.25, -0.2) is 0 Å². The lowest BCUT2D eigenvalue weighted by Gasteiger charge is -2.30. The van der Waals surface area contributed by atoms with Crippen LogP contribution in [0.2, 0.25) is 0 Å². The minimum Gasteiger partial charge on any atom is -0.496 e. The van der Waals surface area contributed by atoms with E-state index in [4.69, 9.17) is 4.74 Å². The highest BCUT2D eigenvalue weighted by Gasteiger charge is 2.27. The molecule has 0 radical (unpaired) electrons. The lowest BCUT2D eigenvalue weighted by molar-refractivity contribution is -0.135. The van der Waals surface area contributed by atoms with Crippen LogP contribution in [0.25, 0.3) is 0 Å². The van der Waals surface area contributed by atoms with Crippen LogP contribution in [0.5, 0.6) is 5.75 Å². The van der Waals surface area contributed by atoms with Crippen LogP contribution < -0.4 is 10.1 Å². The van der Waals surface area contributed by atoms with E-state index in [-0.39, 0.29) is 11.8 Å². The van der Waals surface area contributed by atoms with Crippen LogP contribution in [0.4, 0.5) is 0 Å². The summed E-state index contributed by atoms with van der Waals surface area (Å²) in [5.74, 6) is 1.20. The number of amides is 1. The maximum atomic E-state index is 12.6. The van der Waals surface area contributed by atoms with E-state index in [1.165, 1.54) is 0 Å². The number of hydrogen-bond donors (Lipinski definition) is 1. The zero-order valence-corrected chi connectivity index (χ0v) is 14.3. The first-order chi connectivity index (χ1) is 10.4. The maximum absolute atomic E-state index is 12.6. The molecular weight excluding hydrogens is 278 g/mol. The van der Waals surface area contributed by atoms with E-state index >= 15 is 0 Å². The van der Waals surface area contributed by atoms with Gasteiger partial charge in [-0.2, -0.15) is 0 Å². The third-order valence-electron chi connectivity index (χ3n) is 4.49. The van der Waals surface area contributed by atoms with Crippen LogP contribution >= 0.6 is 0 Å². The minimum atomic E-state index is 0.119. The third kappa shape index (κ3) is 3.58. The number of pyridine rings is 1. The van der Waals surface area contributed by atoms with Crippen LogP contribution in [0.1, 0.15) is 36.6 Å². The summed E-state index contributed by atoms with van der Waals surface area (Å²) in [4.78, 5) is 18.9. The zero-order valence-electron chi connectivity index (χ0n) is 14.3. The zero-order chi connectivity index (χ0) is 16.3. The third-order valence-corrected chi connectivity index (χ3v) is 4.49. The quantitative estimate of drug-likeness (QED) is 0.925. The first kappa shape index (κ1) is 16.7. The molecule has 0 spiro atoms. The Kier molecular flexibility index (Phi) is 5.40. The fourth-order valence-corrected chi connectivity index (χ4v) is 3.20. The molecule has 0 aliphatic carbocycles. The standard InChI is InChI=1S/C17H27N3O2/c1-11-9-19-15(13(3)16(11)22-5)10-20(4)17(21)14-6-7-18-12(2)8-14/h9,12,14,18H,6-8,10H2,1-5H3/t12-,14-/m0/s1. The Balaban J connectivity index is 2.08. The van der Waals surface area contributed by atoms with Gasteiger partial charge in [-0.05, 0) is 40.2 Å². The SMILES string of the molecule is COc1c(C)cnc(CN(C)C(=O)[C@H]2CCN[C@@H](C)C2)c1C. The predicted octanol–water partition coefficient (Wildman–Crippen LogP) is 2.05. The Hall–Kier alpha value is -1.62. The summed E-state index contributed by atoms with van der Waals surface area (Å²) in [7, 11) is 3.53. The van der Waals surface area contributed by atoms with Gasteiger partial charge in [0, 0.05) is 36.3 Å². The van der Waals surface area contributed by atoms with Gasteiger partial charge in [0.05, 0.1) is 19.3 Å². The van der Waals surface area contributed by atoms with Crippen molar-refractivity contribution in [3.63, 3.8) is 0 Å². The van der Waals surface area contributed by atoms with E-state index in [2.05, 4.69) is 17.2 Å². The number of rotatable bonds is 4. The highest BCUT2D eigenvalue weighted by molar-refractivity contribution is 5.78. The number of aryl methyl sites for hydroxylation is 1. The van der Waals surface area contributed by atoms with Crippen LogP contribution in [0.3, 0.4) is 0 Å². The average molecular weight is 305 g/mol. The van der Waals surface area contributed by atoms with Gasteiger partial charge in [0.2, 0.25) is 5.91 Å². The van der Waals surface area contributed by atoms with E-state index in [0.29, 0.717) is 12.6 Å². The fraction of sp³-hybridized carbons (Fsp3) is 0.647. The van der Waals surface area contributed by atoms with Crippen molar-refractivity contribution < 1.29 is 9.53 Å². The molecular formula is C17H27N3O2. The van der Waals surface area contributed by atoms with Crippen molar-refractivity contribution >= 4 is 5.91 Å². The van der Waals surface area contributed by atoms with Gasteiger partial charge in [-0.15, -0.1) is 0 Å². The van der Waals surface area contributed by atoms with E-state index < -0.39 is 0 Å². The largest absolute Gasteiger partial charge is 0.496 e. The molecule has 0 saturated carbocycles. The minimum absolute atomic E-state index is 0.119. The molecule has 5 nitrogen and oxygen atoms in total. The second-order valence-corrected chi connectivity index (χ2v) is 6.32. The number of ether oxygens (including phenoxy) is 1. The lowest BCUT2D eigenvalue weighted by Crippen LogP contribution is -2.42. The first-order valence-electron chi connectivity index (χ1n) is 7.91. The Morgan fingerprint density at radius 1 is 1.50 bits per heavy atom. The Bertz CT molecular complexity index is 545. The summed E-state index contributed by atoms with van der Waals surface area (Å²) in [6, 6.07) is 0.412. The second-order valence-electron chi connectivity index (χ2n) is 6.32. The highest BCUT2D eigenvalue weighted by Crippen LogP contribution is 2.25. The highest BCUT2D eigenvalue weighted by atomic mass is 16.5. The average Bonchev–Trinajstić information content (AvgIpc) is 2.50. The van der Waals surface area contributed by atoms with Crippen molar-refractivity contribution in [2.45, 2.75) is 46.2 Å². The Labute approximate surface area is 133 Å². The van der Waals surface area contributed by atoms with Crippen molar-refractivity contribution in [2.24, 2.45) is 5.92 Å². The Morgan fingerprint density at radius 3 is 2.86 bits per heavy atom. The van der Waals surface area contributed by atoms with Crippen LogP contribution in [-0.4, -0.2) is 42.5 Å². The van der Waals surface area contributed by atoms with Gasteiger partial charge in [0.15, 0.2) is 0 Å². The molecule has 22 heavy (non-hydrogen) atoms. The summed E-state index contributed by atoms with van der Waals surface area (Å²) in [5.41, 5.74) is 2.94. The number of carbonyl (C=O) groups is 1. The van der Waals surface area contributed by atoms with Crippen molar-refractivity contribution in [1.82, 2.24) is 15.2 Å². The molecule has 1 N–H and O–H groups in total. The lowest BCUT2D eigenvalue weighted by atomic mass is 9.92. The van der Waals surface area contributed by atoms with Crippen molar-refractivity contribution in [3.05, 3.63) is 23.0 Å². The molecule has 122 valence electrons. The van der Waals surface area contributed by atoms with Crippen LogP contribution in [0.15, 0.2) is 6.20 Å². The summed E-state index contributed by atoms with van der Waals surface area (Å²) in [6.45, 7) is 7.56. The molecule has 5 heteroatoms. The summed E-state index contributed by atoms with van der Waals surface area (Å²) in [6.07, 6.45) is 3.63. The smallest absolute Gasteiger partial charge is 0.225 e. The predicted molar refractivity (Wildman–Crippen MR) is 86.9 cm³/mol. The second kappa shape index (κ2) is 7.09. The summed E-state index contributed by atoms with van der Waals surface area (Å²) < 4.78 is 5.44. The first-order valence-corrected chi connectivity index (χ1v) is 7.91. The van der Waals surface area contributed by atoms with E-state index in [1.807, 2.05) is 27.1 Å². The molecule has 1 saturated heterocycles. The van der Waals surface area contributed by atoms with Gasteiger partial charge in [0.1, 0.15) is 5.75 Å². The van der Waals surface area contributed by atoms with Gasteiger partial charge >= 0.3 is 0 Å². The molecule has 1 aliphatic heterocycles. The number of hydrogen-bond acceptors (Lipinski definition) is 4. The van der Waals surface area contributed by atoms with Gasteiger partial charge in [-0.1, -0.05) is 0 Å². The Morgan fingerprint density at radius 2 is 2.23 bits per heavy atom. The van der Waals surface area contributed by atoms with E-state index in [1.54, 1.807) is 12.0 Å². The molecule has 1 fully saturated rings. The molecule has 0 aromatic carbocycles. The molecule has 2 rings (SSSR count). The number of aromatic nitrogens is 1. The number of nitrogens with zero attached hydrogens (tertiary/aromatic N) is 2. The van der Waals surface area contributed by atoms with Crippen LogP contribution in [0, 0.1) is 19.8 Å². The molecule has 0 unspecified atom stereocenters. The molecule has 2 heterocycles. The number of carbonyl (C=O) groups excluding carboxylic acids is 1. The van der Waals surface area contributed by atoms with Crippen molar-refractivity contribution in [1.29, 1.82) is 0 Å². The summed E-state index contributed by atoms with van der Waals surface area (Å²) in [5, 5.41) is 3.39. The van der Waals surface area contributed by atoms with Gasteiger partial charge in [-0.3, -0.25) is 9.78 Å². The molecule has 1 aromatic heterocycles. The topological polar surface area (TPSA) is 54.5 Å². The summed E-state index contributed by atoms with van der Waals surface area (Å²) >= 11 is 0. The fourth-order valence-electron chi connectivity index (χ4n) is 3.20. The monoisotopic (exact) mass is 305 g/mol. The van der Waals surface area contributed by atoms with E-state index in [0.717, 1.165) is 42.0 Å². The van der Waals surface area contributed by atoms with Gasteiger partial charge < -0.3 is 15.0 Å². The molecule has 2 atom stereocenters. The number of piperidine rings is 1. The normalized spacial score (nSPS) is 21.5. The number of nitrogens with one attached hydrogen (secondary N) is 1. The molecule has 1 aromatic rings. The van der Waals surface area contributed by atoms with Gasteiger partial charge in [0.25, 0.3) is 0 Å². The maximum Gasteiger partial charge on any atom is 0.225 e. The van der Waals surface area contributed by atoms with Crippen LogP contribution in [-0.2, 0) is 11.3 Å². The van der Waals surface area contributed by atoms with Crippen molar-refractivity contribution in [2.75, 3.05) is 20.7 Å². The molecule has 1 aliphatic rings. The molecule has 0 bridgehead atoms. The number of methoxy groups -OCH3 is 1. The van der Waals surface area contributed by atoms with Crippen molar-refractivity contribution in [3.8, 4) is 5.75 Å². The van der Waals surface area contributed by atoms with E-state index in [9.17, 15) is 4.79 Å².